The van der Waals surface area contributed by atoms with Gasteiger partial charge in [-0.15, -0.1) is 11.3 Å². The first-order valence-corrected chi connectivity index (χ1v) is 8.48. The molecular formula is C18H17N5OS. The molecule has 0 saturated heterocycles. The van der Waals surface area contributed by atoms with Gasteiger partial charge in [0.25, 0.3) is 0 Å². The van der Waals surface area contributed by atoms with Crippen molar-refractivity contribution in [2.45, 2.75) is 6.92 Å². The number of amides is 2. The van der Waals surface area contributed by atoms with Crippen LogP contribution in [0.15, 0.2) is 65.1 Å². The highest BCUT2D eigenvalue weighted by Crippen LogP contribution is 2.27. The molecule has 126 valence electrons. The number of hydrogen-bond donors (Lipinski definition) is 3. The number of nitrogens with one attached hydrogen (secondary N) is 2. The molecule has 0 saturated carbocycles. The molecular weight excluding hydrogens is 334 g/mol. The fourth-order valence-corrected chi connectivity index (χ4v) is 2.93. The molecule has 0 aliphatic heterocycles. The Morgan fingerprint density at radius 1 is 1.12 bits per heavy atom. The van der Waals surface area contributed by atoms with Crippen LogP contribution in [0.2, 0.25) is 0 Å². The van der Waals surface area contributed by atoms with Crippen molar-refractivity contribution in [1.29, 1.82) is 0 Å². The van der Waals surface area contributed by atoms with Crippen LogP contribution < -0.4 is 16.5 Å². The predicted octanol–water partition coefficient (Wildman–Crippen LogP) is 3.95. The number of primary amides is 1. The van der Waals surface area contributed by atoms with Gasteiger partial charge in [0, 0.05) is 16.6 Å². The summed E-state index contributed by atoms with van der Waals surface area (Å²) in [6.07, 6.45) is 0. The average Bonchev–Trinajstić information content (AvgIpc) is 3.09. The topological polar surface area (TPSA) is 92.4 Å². The van der Waals surface area contributed by atoms with E-state index in [0.29, 0.717) is 5.71 Å². The molecule has 2 aromatic carbocycles. The van der Waals surface area contributed by atoms with Crippen LogP contribution >= 0.6 is 11.3 Å². The number of nitrogens with zero attached hydrogens (tertiary/aromatic N) is 2. The number of benzene rings is 2. The van der Waals surface area contributed by atoms with E-state index >= 15 is 0 Å². The van der Waals surface area contributed by atoms with Gasteiger partial charge in [-0.25, -0.2) is 15.2 Å². The highest BCUT2D eigenvalue weighted by Gasteiger charge is 2.05. The Hall–Kier alpha value is -3.19. The van der Waals surface area contributed by atoms with Gasteiger partial charge in [-0.1, -0.05) is 42.5 Å². The van der Waals surface area contributed by atoms with E-state index in [1.165, 1.54) is 0 Å². The second-order valence-electron chi connectivity index (χ2n) is 5.28. The van der Waals surface area contributed by atoms with Crippen LogP contribution in [0.3, 0.4) is 0 Å². The molecule has 0 fully saturated rings. The van der Waals surface area contributed by atoms with E-state index in [4.69, 9.17) is 5.73 Å². The number of thiazole rings is 1. The van der Waals surface area contributed by atoms with Crippen molar-refractivity contribution in [3.63, 3.8) is 0 Å². The first-order chi connectivity index (χ1) is 12.1. The van der Waals surface area contributed by atoms with Crippen molar-refractivity contribution in [1.82, 2.24) is 10.4 Å². The lowest BCUT2D eigenvalue weighted by Crippen LogP contribution is -2.25. The summed E-state index contributed by atoms with van der Waals surface area (Å²) in [5.41, 5.74) is 11.8. The van der Waals surface area contributed by atoms with Gasteiger partial charge in [0.2, 0.25) is 0 Å². The molecule has 25 heavy (non-hydrogen) atoms. The van der Waals surface area contributed by atoms with E-state index < -0.39 is 6.03 Å². The van der Waals surface area contributed by atoms with Gasteiger partial charge < -0.3 is 11.1 Å². The van der Waals surface area contributed by atoms with Gasteiger partial charge in [0.1, 0.15) is 0 Å². The van der Waals surface area contributed by atoms with Gasteiger partial charge in [-0.2, -0.15) is 5.10 Å². The maximum atomic E-state index is 10.7. The highest BCUT2D eigenvalue weighted by atomic mass is 32.1. The molecule has 1 aromatic heterocycles. The SMILES string of the molecule is C/C(=N\NC(N)=O)c1ccc(Nc2nc(-c3ccccc3)cs2)cc1. The molecule has 0 unspecified atom stereocenters. The molecule has 0 aliphatic carbocycles. The van der Waals surface area contributed by atoms with E-state index in [2.05, 4.69) is 20.8 Å². The molecule has 0 aliphatic rings. The van der Waals surface area contributed by atoms with Gasteiger partial charge in [-0.05, 0) is 24.6 Å². The van der Waals surface area contributed by atoms with Crippen molar-refractivity contribution < 1.29 is 4.79 Å². The number of anilines is 2. The number of carbonyl (C=O) groups excluding carboxylic acids is 1. The van der Waals surface area contributed by atoms with Gasteiger partial charge in [0.15, 0.2) is 5.13 Å². The fourth-order valence-electron chi connectivity index (χ4n) is 2.19. The number of hydrogen-bond acceptors (Lipinski definition) is 5. The fraction of sp³-hybridized carbons (Fsp3) is 0.0556. The standard InChI is InChI=1S/C18H17N5OS/c1-12(22-23-17(19)24)13-7-9-15(10-8-13)20-18-21-16(11-25-18)14-5-3-2-4-6-14/h2-11H,1H3,(H,20,21)(H3,19,23,24)/b22-12+. The lowest BCUT2D eigenvalue weighted by atomic mass is 10.1. The molecule has 0 spiro atoms. The molecule has 0 atom stereocenters. The molecule has 3 aromatic rings. The number of aromatic nitrogens is 1. The quantitative estimate of drug-likeness (QED) is 0.480. The van der Waals surface area contributed by atoms with Crippen molar-refractivity contribution in [2.75, 3.05) is 5.32 Å². The second kappa shape index (κ2) is 7.59. The first-order valence-electron chi connectivity index (χ1n) is 7.60. The Labute approximate surface area is 149 Å². The van der Waals surface area contributed by atoms with Crippen LogP contribution in [-0.4, -0.2) is 16.7 Å². The molecule has 2 amide bonds. The van der Waals surface area contributed by atoms with Crippen LogP contribution in [0.25, 0.3) is 11.3 Å². The molecule has 0 radical (unpaired) electrons. The van der Waals surface area contributed by atoms with Crippen molar-refractivity contribution >= 4 is 33.9 Å². The summed E-state index contributed by atoms with van der Waals surface area (Å²) >= 11 is 1.55. The summed E-state index contributed by atoms with van der Waals surface area (Å²) < 4.78 is 0. The van der Waals surface area contributed by atoms with E-state index in [-0.39, 0.29) is 0 Å². The minimum absolute atomic E-state index is 0.672. The van der Waals surface area contributed by atoms with Crippen LogP contribution in [0, 0.1) is 0 Å². The second-order valence-corrected chi connectivity index (χ2v) is 6.14. The van der Waals surface area contributed by atoms with Gasteiger partial charge >= 0.3 is 6.03 Å². The van der Waals surface area contributed by atoms with E-state index in [9.17, 15) is 4.79 Å². The average molecular weight is 351 g/mol. The van der Waals surface area contributed by atoms with Crippen LogP contribution in [0.1, 0.15) is 12.5 Å². The molecule has 1 heterocycles. The maximum Gasteiger partial charge on any atom is 0.332 e. The van der Waals surface area contributed by atoms with Crippen LogP contribution in [0.5, 0.6) is 0 Å². The number of hydrazone groups is 1. The van der Waals surface area contributed by atoms with Crippen molar-refractivity contribution in [3.05, 3.63) is 65.5 Å². The Kier molecular flexibility index (Phi) is 5.06. The molecule has 3 rings (SSSR count). The summed E-state index contributed by atoms with van der Waals surface area (Å²) in [5, 5.41) is 10.0. The first kappa shape index (κ1) is 16.7. The van der Waals surface area contributed by atoms with E-state index in [1.54, 1.807) is 18.3 Å². The van der Waals surface area contributed by atoms with Crippen LogP contribution in [0.4, 0.5) is 15.6 Å². The molecule has 4 N–H and O–H groups in total. The minimum atomic E-state index is -0.685. The number of rotatable bonds is 5. The third kappa shape index (κ3) is 4.42. The molecule has 7 heteroatoms. The smallest absolute Gasteiger partial charge is 0.332 e. The normalized spacial score (nSPS) is 11.2. The lowest BCUT2D eigenvalue weighted by molar-refractivity contribution is 0.249. The monoisotopic (exact) mass is 351 g/mol. The number of urea groups is 1. The summed E-state index contributed by atoms with van der Waals surface area (Å²) in [6, 6.07) is 17.1. The largest absolute Gasteiger partial charge is 0.350 e. The zero-order chi connectivity index (χ0) is 17.6. The zero-order valence-corrected chi connectivity index (χ0v) is 14.4. The lowest BCUT2D eigenvalue weighted by Gasteiger charge is -2.05. The van der Waals surface area contributed by atoms with E-state index in [0.717, 1.165) is 27.6 Å². The Balaban J connectivity index is 1.69. The Morgan fingerprint density at radius 3 is 2.52 bits per heavy atom. The van der Waals surface area contributed by atoms with Crippen LogP contribution in [-0.2, 0) is 0 Å². The maximum absolute atomic E-state index is 10.7. The number of carbonyl (C=O) groups is 1. The zero-order valence-electron chi connectivity index (χ0n) is 13.6. The van der Waals surface area contributed by atoms with Gasteiger partial charge in [0.05, 0.1) is 11.4 Å². The Morgan fingerprint density at radius 2 is 1.84 bits per heavy atom. The predicted molar refractivity (Wildman–Crippen MR) is 102 cm³/mol. The van der Waals surface area contributed by atoms with E-state index in [1.807, 2.05) is 60.0 Å². The summed E-state index contributed by atoms with van der Waals surface area (Å²) in [4.78, 5) is 15.3. The Bertz CT molecular complexity index is 887. The summed E-state index contributed by atoms with van der Waals surface area (Å²) in [7, 11) is 0. The third-order valence-electron chi connectivity index (χ3n) is 3.46. The summed E-state index contributed by atoms with van der Waals surface area (Å²) in [6.45, 7) is 1.80. The highest BCUT2D eigenvalue weighted by molar-refractivity contribution is 7.14. The van der Waals surface area contributed by atoms with Crippen molar-refractivity contribution in [2.24, 2.45) is 10.8 Å². The minimum Gasteiger partial charge on any atom is -0.350 e. The number of nitrogens with two attached hydrogens (primary N) is 1. The summed E-state index contributed by atoms with van der Waals surface area (Å²) in [5.74, 6) is 0. The third-order valence-corrected chi connectivity index (χ3v) is 4.22. The van der Waals surface area contributed by atoms with Crippen molar-refractivity contribution in [3.8, 4) is 11.3 Å². The van der Waals surface area contributed by atoms with Gasteiger partial charge in [-0.3, -0.25) is 0 Å². The molecule has 6 nitrogen and oxygen atoms in total. The molecule has 0 bridgehead atoms.